The summed E-state index contributed by atoms with van der Waals surface area (Å²) in [4.78, 5) is 0. The van der Waals surface area contributed by atoms with Crippen molar-refractivity contribution >= 4 is 0 Å². The highest BCUT2D eigenvalue weighted by molar-refractivity contribution is 5.17. The Kier molecular flexibility index (Phi) is 3.73. The van der Waals surface area contributed by atoms with Gasteiger partial charge < -0.3 is 4.74 Å². The van der Waals surface area contributed by atoms with E-state index in [0.29, 0.717) is 6.61 Å². The van der Waals surface area contributed by atoms with Crippen molar-refractivity contribution in [2.75, 3.05) is 0 Å². The molecule has 0 N–H and O–H groups in total. The summed E-state index contributed by atoms with van der Waals surface area (Å²) in [5.41, 5.74) is 2.43. The van der Waals surface area contributed by atoms with Crippen LogP contribution in [0.15, 0.2) is 60.7 Å². The van der Waals surface area contributed by atoms with Crippen molar-refractivity contribution in [2.45, 2.75) is 19.6 Å². The van der Waals surface area contributed by atoms with Gasteiger partial charge in [0.2, 0.25) is 0 Å². The van der Waals surface area contributed by atoms with Gasteiger partial charge in [-0.25, -0.2) is 0 Å². The van der Waals surface area contributed by atoms with Crippen LogP contribution in [-0.2, 0) is 11.3 Å². The molecular weight excluding hydrogens is 196 g/mol. The lowest BCUT2D eigenvalue weighted by atomic mass is 10.1. The zero-order valence-corrected chi connectivity index (χ0v) is 9.47. The van der Waals surface area contributed by atoms with E-state index in [2.05, 4.69) is 31.2 Å². The summed E-state index contributed by atoms with van der Waals surface area (Å²) >= 11 is 0. The maximum Gasteiger partial charge on any atom is 0.0801 e. The summed E-state index contributed by atoms with van der Waals surface area (Å²) in [5, 5.41) is 0. The van der Waals surface area contributed by atoms with Crippen LogP contribution in [0.2, 0.25) is 0 Å². The first kappa shape index (κ1) is 10.9. The lowest BCUT2D eigenvalue weighted by Gasteiger charge is -2.13. The highest BCUT2D eigenvalue weighted by atomic mass is 16.5. The van der Waals surface area contributed by atoms with Crippen LogP contribution in [0.3, 0.4) is 0 Å². The first-order valence-corrected chi connectivity index (χ1v) is 5.57. The summed E-state index contributed by atoms with van der Waals surface area (Å²) in [5.74, 6) is 0. The van der Waals surface area contributed by atoms with E-state index < -0.39 is 0 Å². The largest absolute Gasteiger partial charge is 0.369 e. The fourth-order valence-electron chi connectivity index (χ4n) is 1.62. The molecule has 2 aromatic carbocycles. The van der Waals surface area contributed by atoms with Crippen molar-refractivity contribution in [1.29, 1.82) is 0 Å². The van der Waals surface area contributed by atoms with Gasteiger partial charge in [0.25, 0.3) is 0 Å². The molecule has 0 heterocycles. The summed E-state index contributed by atoms with van der Waals surface area (Å²) in [6, 6.07) is 20.5. The monoisotopic (exact) mass is 212 g/mol. The van der Waals surface area contributed by atoms with Crippen molar-refractivity contribution < 1.29 is 4.74 Å². The van der Waals surface area contributed by atoms with Crippen LogP contribution >= 0.6 is 0 Å². The van der Waals surface area contributed by atoms with Crippen molar-refractivity contribution in [3.05, 3.63) is 71.8 Å². The third-order valence-electron chi connectivity index (χ3n) is 2.61. The van der Waals surface area contributed by atoms with Gasteiger partial charge in [-0.05, 0) is 18.1 Å². The Hall–Kier alpha value is -1.60. The quantitative estimate of drug-likeness (QED) is 0.745. The zero-order chi connectivity index (χ0) is 11.2. The van der Waals surface area contributed by atoms with E-state index in [1.165, 1.54) is 11.1 Å². The first-order valence-electron chi connectivity index (χ1n) is 5.57. The van der Waals surface area contributed by atoms with Crippen molar-refractivity contribution in [1.82, 2.24) is 0 Å². The van der Waals surface area contributed by atoms with Gasteiger partial charge in [0.15, 0.2) is 0 Å². The summed E-state index contributed by atoms with van der Waals surface area (Å²) in [6.07, 6.45) is 0.140. The van der Waals surface area contributed by atoms with Gasteiger partial charge in [-0.15, -0.1) is 0 Å². The second-order valence-corrected chi connectivity index (χ2v) is 3.85. The number of hydrogen-bond acceptors (Lipinski definition) is 1. The smallest absolute Gasteiger partial charge is 0.0801 e. The van der Waals surface area contributed by atoms with E-state index >= 15 is 0 Å². The van der Waals surface area contributed by atoms with Crippen LogP contribution < -0.4 is 0 Å². The van der Waals surface area contributed by atoms with Gasteiger partial charge in [0.05, 0.1) is 12.7 Å². The van der Waals surface area contributed by atoms with E-state index in [-0.39, 0.29) is 6.10 Å². The first-order chi connectivity index (χ1) is 7.86. The van der Waals surface area contributed by atoms with Crippen LogP contribution in [0.4, 0.5) is 0 Å². The third-order valence-corrected chi connectivity index (χ3v) is 2.61. The minimum Gasteiger partial charge on any atom is -0.369 e. The van der Waals surface area contributed by atoms with Gasteiger partial charge >= 0.3 is 0 Å². The Morgan fingerprint density at radius 2 is 1.44 bits per heavy atom. The number of hydrogen-bond donors (Lipinski definition) is 0. The molecule has 2 rings (SSSR count). The van der Waals surface area contributed by atoms with Gasteiger partial charge in [0.1, 0.15) is 0 Å². The van der Waals surface area contributed by atoms with Gasteiger partial charge in [-0.3, -0.25) is 0 Å². The molecule has 1 nitrogen and oxygen atoms in total. The lowest BCUT2D eigenvalue weighted by Crippen LogP contribution is -1.99. The van der Waals surface area contributed by atoms with Gasteiger partial charge in [0, 0.05) is 0 Å². The lowest BCUT2D eigenvalue weighted by molar-refractivity contribution is 0.0525. The van der Waals surface area contributed by atoms with E-state index in [9.17, 15) is 0 Å². The second kappa shape index (κ2) is 5.47. The van der Waals surface area contributed by atoms with E-state index in [4.69, 9.17) is 4.74 Å². The minimum absolute atomic E-state index is 0.140. The molecule has 1 heteroatoms. The molecule has 2 aromatic rings. The van der Waals surface area contributed by atoms with Crippen molar-refractivity contribution in [3.63, 3.8) is 0 Å². The molecule has 0 aromatic heterocycles. The molecule has 0 amide bonds. The molecule has 0 saturated carbocycles. The topological polar surface area (TPSA) is 9.23 Å². The number of ether oxygens (including phenoxy) is 1. The predicted octanol–water partition coefficient (Wildman–Crippen LogP) is 3.96. The number of benzene rings is 2. The molecule has 0 bridgehead atoms. The Morgan fingerprint density at radius 1 is 0.875 bits per heavy atom. The molecule has 0 saturated heterocycles. The van der Waals surface area contributed by atoms with Crippen LogP contribution in [0.1, 0.15) is 24.2 Å². The van der Waals surface area contributed by atoms with Crippen LogP contribution in [0.5, 0.6) is 0 Å². The average molecular weight is 212 g/mol. The minimum atomic E-state index is 0.140. The fraction of sp³-hybridized carbons (Fsp3) is 0.200. The summed E-state index contributed by atoms with van der Waals surface area (Å²) < 4.78 is 5.81. The molecule has 0 radical (unpaired) electrons. The number of rotatable bonds is 4. The van der Waals surface area contributed by atoms with Crippen LogP contribution in [0, 0.1) is 0 Å². The molecular formula is C15H16O. The Balaban J connectivity index is 1.92. The Labute approximate surface area is 96.7 Å². The molecule has 0 fully saturated rings. The van der Waals surface area contributed by atoms with E-state index in [1.54, 1.807) is 0 Å². The van der Waals surface area contributed by atoms with Crippen LogP contribution in [-0.4, -0.2) is 0 Å². The highest BCUT2D eigenvalue weighted by Gasteiger charge is 2.04. The molecule has 0 spiro atoms. The highest BCUT2D eigenvalue weighted by Crippen LogP contribution is 2.17. The fourth-order valence-corrected chi connectivity index (χ4v) is 1.62. The van der Waals surface area contributed by atoms with Crippen molar-refractivity contribution in [2.24, 2.45) is 0 Å². The van der Waals surface area contributed by atoms with Crippen molar-refractivity contribution in [3.8, 4) is 0 Å². The molecule has 16 heavy (non-hydrogen) atoms. The Morgan fingerprint density at radius 3 is 2.06 bits per heavy atom. The molecule has 1 atom stereocenters. The van der Waals surface area contributed by atoms with Gasteiger partial charge in [-0.2, -0.15) is 0 Å². The molecule has 0 aliphatic heterocycles. The standard InChI is InChI=1S/C15H16O/c1-13(15-10-6-3-7-11-15)16-12-14-8-4-2-5-9-14/h2-11,13H,12H2,1H3/t13-/m1/s1. The third kappa shape index (κ3) is 2.94. The van der Waals surface area contributed by atoms with Crippen LogP contribution in [0.25, 0.3) is 0 Å². The average Bonchev–Trinajstić information content (AvgIpc) is 2.38. The summed E-state index contributed by atoms with van der Waals surface area (Å²) in [6.45, 7) is 2.75. The molecule has 82 valence electrons. The zero-order valence-electron chi connectivity index (χ0n) is 9.47. The maximum absolute atomic E-state index is 5.81. The SMILES string of the molecule is C[C@@H](OCc1ccccc1)c1ccccc1. The second-order valence-electron chi connectivity index (χ2n) is 3.85. The van der Waals surface area contributed by atoms with E-state index in [1.807, 2.05) is 36.4 Å². The molecule has 0 aliphatic carbocycles. The van der Waals surface area contributed by atoms with E-state index in [0.717, 1.165) is 0 Å². The Bertz CT molecular complexity index is 408. The maximum atomic E-state index is 5.81. The normalized spacial score (nSPS) is 12.3. The van der Waals surface area contributed by atoms with Gasteiger partial charge in [-0.1, -0.05) is 60.7 Å². The molecule has 0 unspecified atom stereocenters. The predicted molar refractivity (Wildman–Crippen MR) is 66.1 cm³/mol. The summed E-state index contributed by atoms with van der Waals surface area (Å²) in [7, 11) is 0. The molecule has 0 aliphatic rings.